The lowest BCUT2D eigenvalue weighted by atomic mass is 10.0. The molecule has 31 heavy (non-hydrogen) atoms. The fourth-order valence-corrected chi connectivity index (χ4v) is 3.70. The van der Waals surface area contributed by atoms with E-state index in [0.29, 0.717) is 11.4 Å². The number of nitrogens with one attached hydrogen (secondary N) is 2. The molecule has 3 aromatic rings. The third-order valence-electron chi connectivity index (χ3n) is 5.07. The molecule has 0 unspecified atom stereocenters. The Labute approximate surface area is 189 Å². The van der Waals surface area contributed by atoms with Gasteiger partial charge in [-0.3, -0.25) is 4.79 Å². The number of benzene rings is 3. The van der Waals surface area contributed by atoms with Gasteiger partial charge in [-0.25, -0.2) is 9.79 Å². The maximum atomic E-state index is 13.1. The van der Waals surface area contributed by atoms with Crippen LogP contribution in [0.1, 0.15) is 16.7 Å². The number of likely N-dealkylation sites (N-methyl/N-ethyl adjacent to an activating group) is 1. The largest absolute Gasteiger partial charge is 0.321 e. The summed E-state index contributed by atoms with van der Waals surface area (Å²) in [6.07, 6.45) is -1.07. The normalized spacial score (nSPS) is 15.6. The second-order valence-corrected chi connectivity index (χ2v) is 8.08. The molecule has 3 amide bonds. The van der Waals surface area contributed by atoms with E-state index < -0.39 is 12.2 Å². The van der Waals surface area contributed by atoms with E-state index in [1.807, 2.05) is 73.7 Å². The van der Waals surface area contributed by atoms with E-state index in [1.165, 1.54) is 4.90 Å². The molecule has 4 rings (SSSR count). The van der Waals surface area contributed by atoms with Crippen molar-refractivity contribution >= 4 is 45.0 Å². The SMILES string of the molecule is Cc1cc(NC(=O)N[C@@H]2N=C(c3ccccc3)c3ccccc3N(C)C2=O)ccc1Br. The summed E-state index contributed by atoms with van der Waals surface area (Å²) in [4.78, 5) is 32.0. The first-order valence-electron chi connectivity index (χ1n) is 9.78. The van der Waals surface area contributed by atoms with E-state index in [4.69, 9.17) is 0 Å². The van der Waals surface area contributed by atoms with Crippen molar-refractivity contribution in [2.24, 2.45) is 4.99 Å². The second kappa shape index (κ2) is 8.73. The van der Waals surface area contributed by atoms with Crippen LogP contribution in [-0.2, 0) is 4.79 Å². The fraction of sp³-hybridized carbons (Fsp3) is 0.125. The Bertz CT molecular complexity index is 1180. The number of amides is 3. The maximum Gasteiger partial charge on any atom is 0.321 e. The summed E-state index contributed by atoms with van der Waals surface area (Å²) in [7, 11) is 1.69. The first-order chi connectivity index (χ1) is 14.9. The minimum atomic E-state index is -1.07. The lowest BCUT2D eigenvalue weighted by Crippen LogP contribution is -2.47. The molecule has 3 aromatic carbocycles. The number of rotatable bonds is 3. The van der Waals surface area contributed by atoms with Crippen molar-refractivity contribution in [2.75, 3.05) is 17.3 Å². The molecule has 156 valence electrons. The molecule has 0 spiro atoms. The molecule has 0 saturated heterocycles. The zero-order chi connectivity index (χ0) is 22.0. The predicted molar refractivity (Wildman–Crippen MR) is 127 cm³/mol. The van der Waals surface area contributed by atoms with Crippen LogP contribution in [0.25, 0.3) is 0 Å². The van der Waals surface area contributed by atoms with E-state index in [0.717, 1.165) is 26.9 Å². The van der Waals surface area contributed by atoms with Crippen LogP contribution >= 0.6 is 15.9 Å². The molecule has 0 aliphatic carbocycles. The van der Waals surface area contributed by atoms with Crippen molar-refractivity contribution < 1.29 is 9.59 Å². The number of benzodiazepines with no additional fused rings is 1. The topological polar surface area (TPSA) is 73.8 Å². The minimum Gasteiger partial charge on any atom is -0.311 e. The van der Waals surface area contributed by atoms with Crippen molar-refractivity contribution in [3.05, 3.63) is 94.0 Å². The summed E-state index contributed by atoms with van der Waals surface area (Å²) < 4.78 is 0.953. The zero-order valence-corrected chi connectivity index (χ0v) is 18.7. The summed E-state index contributed by atoms with van der Waals surface area (Å²) in [5.74, 6) is -0.319. The maximum absolute atomic E-state index is 13.1. The summed E-state index contributed by atoms with van der Waals surface area (Å²) in [5.41, 5.74) is 4.71. The molecule has 0 saturated carbocycles. The van der Waals surface area contributed by atoms with E-state index in [9.17, 15) is 9.59 Å². The standard InChI is InChI=1S/C24H21BrN4O2/c1-15-14-17(12-13-19(15)25)26-24(31)28-22-23(30)29(2)20-11-7-6-10-18(20)21(27-22)16-8-4-3-5-9-16/h3-14,22H,1-2H3,(H2,26,28,31)/t22-/m0/s1. The number of para-hydroxylation sites is 1. The van der Waals surface area contributed by atoms with E-state index in [1.54, 1.807) is 13.1 Å². The molecule has 1 aliphatic rings. The van der Waals surface area contributed by atoms with Crippen LogP contribution < -0.4 is 15.5 Å². The van der Waals surface area contributed by atoms with E-state index >= 15 is 0 Å². The van der Waals surface area contributed by atoms with Crippen LogP contribution in [-0.4, -0.2) is 30.9 Å². The number of nitrogens with zero attached hydrogens (tertiary/aromatic N) is 2. The molecule has 7 heteroatoms. The highest BCUT2D eigenvalue weighted by Crippen LogP contribution is 2.27. The Morgan fingerprint density at radius 3 is 2.48 bits per heavy atom. The summed E-state index contributed by atoms with van der Waals surface area (Å²) in [5, 5.41) is 5.49. The van der Waals surface area contributed by atoms with Crippen molar-refractivity contribution in [2.45, 2.75) is 13.1 Å². The van der Waals surface area contributed by atoms with Crippen LogP contribution in [0.5, 0.6) is 0 Å². The van der Waals surface area contributed by atoms with Gasteiger partial charge >= 0.3 is 6.03 Å². The third kappa shape index (κ3) is 4.36. The van der Waals surface area contributed by atoms with Gasteiger partial charge in [0.25, 0.3) is 5.91 Å². The molecule has 0 radical (unpaired) electrons. The Morgan fingerprint density at radius 1 is 1.03 bits per heavy atom. The van der Waals surface area contributed by atoms with Gasteiger partial charge in [0.2, 0.25) is 6.17 Å². The highest BCUT2D eigenvalue weighted by molar-refractivity contribution is 9.10. The van der Waals surface area contributed by atoms with Gasteiger partial charge in [0, 0.05) is 28.3 Å². The van der Waals surface area contributed by atoms with E-state index in [2.05, 4.69) is 31.6 Å². The predicted octanol–water partition coefficient (Wildman–Crippen LogP) is 4.72. The Kier molecular flexibility index (Phi) is 5.86. The van der Waals surface area contributed by atoms with Gasteiger partial charge in [0.05, 0.1) is 11.4 Å². The lowest BCUT2D eigenvalue weighted by molar-refractivity contribution is -0.119. The van der Waals surface area contributed by atoms with Crippen LogP contribution in [0.3, 0.4) is 0 Å². The second-order valence-electron chi connectivity index (χ2n) is 7.22. The summed E-state index contributed by atoms with van der Waals surface area (Å²) in [6.45, 7) is 1.94. The number of hydrogen-bond acceptors (Lipinski definition) is 3. The number of aliphatic imine (C=N–C) groups is 1. The monoisotopic (exact) mass is 476 g/mol. The van der Waals surface area contributed by atoms with Gasteiger partial charge in [0.1, 0.15) is 0 Å². The number of anilines is 2. The quantitative estimate of drug-likeness (QED) is 0.573. The molecule has 0 fully saturated rings. The molecule has 1 heterocycles. The highest BCUT2D eigenvalue weighted by Gasteiger charge is 2.30. The average Bonchev–Trinajstić information content (AvgIpc) is 2.88. The highest BCUT2D eigenvalue weighted by atomic mass is 79.9. The zero-order valence-electron chi connectivity index (χ0n) is 17.1. The van der Waals surface area contributed by atoms with Gasteiger partial charge in [-0.15, -0.1) is 0 Å². The van der Waals surface area contributed by atoms with Crippen molar-refractivity contribution in [1.29, 1.82) is 0 Å². The van der Waals surface area contributed by atoms with Crippen LogP contribution in [0.15, 0.2) is 82.3 Å². The average molecular weight is 477 g/mol. The van der Waals surface area contributed by atoms with Gasteiger partial charge in [-0.1, -0.05) is 64.5 Å². The van der Waals surface area contributed by atoms with Crippen LogP contribution in [0.4, 0.5) is 16.2 Å². The lowest BCUT2D eigenvalue weighted by Gasteiger charge is -2.21. The van der Waals surface area contributed by atoms with Gasteiger partial charge in [0.15, 0.2) is 0 Å². The third-order valence-corrected chi connectivity index (χ3v) is 5.96. The number of halogens is 1. The smallest absolute Gasteiger partial charge is 0.311 e. The number of urea groups is 1. The van der Waals surface area contributed by atoms with Gasteiger partial charge in [-0.2, -0.15) is 0 Å². The Morgan fingerprint density at radius 2 is 1.74 bits per heavy atom. The number of carbonyl (C=O) groups is 2. The minimum absolute atomic E-state index is 0.319. The summed E-state index contributed by atoms with van der Waals surface area (Å²) in [6, 6.07) is 22.2. The molecular formula is C24H21BrN4O2. The van der Waals surface area contributed by atoms with Crippen LogP contribution in [0.2, 0.25) is 0 Å². The van der Waals surface area contributed by atoms with E-state index in [-0.39, 0.29) is 5.91 Å². The van der Waals surface area contributed by atoms with Gasteiger partial charge < -0.3 is 15.5 Å². The fourth-order valence-electron chi connectivity index (χ4n) is 3.46. The number of hydrogen-bond donors (Lipinski definition) is 2. The Balaban J connectivity index is 1.67. The molecule has 1 aliphatic heterocycles. The molecule has 0 bridgehead atoms. The molecule has 6 nitrogen and oxygen atoms in total. The summed E-state index contributed by atoms with van der Waals surface area (Å²) >= 11 is 3.45. The van der Waals surface area contributed by atoms with Crippen molar-refractivity contribution in [3.8, 4) is 0 Å². The van der Waals surface area contributed by atoms with Crippen LogP contribution in [0, 0.1) is 6.92 Å². The molecular weight excluding hydrogens is 456 g/mol. The molecule has 1 atom stereocenters. The van der Waals surface area contributed by atoms with Crippen molar-refractivity contribution in [3.63, 3.8) is 0 Å². The van der Waals surface area contributed by atoms with Crippen molar-refractivity contribution in [1.82, 2.24) is 5.32 Å². The molecule has 0 aromatic heterocycles. The molecule has 2 N–H and O–H groups in total. The number of carbonyl (C=O) groups excluding carboxylic acids is 2. The first-order valence-corrected chi connectivity index (χ1v) is 10.6. The first kappa shape index (κ1) is 20.8. The van der Waals surface area contributed by atoms with Gasteiger partial charge in [-0.05, 0) is 36.8 Å². The Hall–Kier alpha value is -3.45. The number of fused-ring (bicyclic) bond motifs is 1. The number of aryl methyl sites for hydroxylation is 1.